The summed E-state index contributed by atoms with van der Waals surface area (Å²) in [6.45, 7) is 7.05. The number of hydrogen-bond donors (Lipinski definition) is 2. The lowest BCUT2D eigenvalue weighted by Crippen LogP contribution is -2.03. The Labute approximate surface area is 102 Å². The molecule has 90 valence electrons. The lowest BCUT2D eigenvalue weighted by atomic mass is 9.95. The molecule has 1 heterocycles. The minimum atomic E-state index is 0.649. The van der Waals surface area contributed by atoms with E-state index in [9.17, 15) is 0 Å². The first kappa shape index (κ1) is 11.9. The van der Waals surface area contributed by atoms with Gasteiger partial charge < -0.3 is 5.73 Å². The molecule has 1 aromatic heterocycles. The van der Waals surface area contributed by atoms with E-state index in [2.05, 4.69) is 43.1 Å². The summed E-state index contributed by atoms with van der Waals surface area (Å²) in [5.74, 6) is 0. The number of aryl methyl sites for hydroxylation is 3. The molecule has 0 aliphatic carbocycles. The molecule has 0 aliphatic rings. The van der Waals surface area contributed by atoms with E-state index in [1.54, 1.807) is 0 Å². The van der Waals surface area contributed by atoms with E-state index in [4.69, 9.17) is 5.73 Å². The second-order valence-corrected chi connectivity index (χ2v) is 4.58. The van der Waals surface area contributed by atoms with E-state index < -0.39 is 0 Å². The number of aromatic amines is 1. The molecule has 0 radical (unpaired) electrons. The first-order chi connectivity index (χ1) is 8.13. The van der Waals surface area contributed by atoms with Crippen molar-refractivity contribution in [3.05, 3.63) is 40.6 Å². The zero-order valence-electron chi connectivity index (χ0n) is 10.7. The number of aromatic nitrogens is 2. The van der Waals surface area contributed by atoms with Crippen LogP contribution in [0.4, 0.5) is 0 Å². The van der Waals surface area contributed by atoms with Crippen molar-refractivity contribution in [2.24, 2.45) is 5.73 Å². The van der Waals surface area contributed by atoms with E-state index >= 15 is 0 Å². The maximum Gasteiger partial charge on any atom is 0.0687 e. The number of nitrogens with one attached hydrogen (secondary N) is 1. The third kappa shape index (κ3) is 2.24. The van der Waals surface area contributed by atoms with Crippen LogP contribution in [0.3, 0.4) is 0 Å². The number of rotatable bonds is 3. The summed E-state index contributed by atoms with van der Waals surface area (Å²) < 4.78 is 0. The number of hydrogen-bond acceptors (Lipinski definition) is 2. The molecule has 0 atom stereocenters. The van der Waals surface area contributed by atoms with Crippen molar-refractivity contribution in [3.63, 3.8) is 0 Å². The van der Waals surface area contributed by atoms with Gasteiger partial charge in [0.1, 0.15) is 0 Å². The Morgan fingerprint density at radius 3 is 2.41 bits per heavy atom. The normalized spacial score (nSPS) is 10.8. The lowest BCUT2D eigenvalue weighted by molar-refractivity contribution is 0.971. The van der Waals surface area contributed by atoms with Crippen LogP contribution in [0.25, 0.3) is 11.3 Å². The van der Waals surface area contributed by atoms with E-state index in [1.807, 2.05) is 6.20 Å². The fraction of sp³-hybridized carbons (Fsp3) is 0.357. The van der Waals surface area contributed by atoms with Crippen LogP contribution >= 0.6 is 0 Å². The molecule has 0 aliphatic heterocycles. The maximum absolute atomic E-state index is 5.63. The molecular formula is C14H19N3. The van der Waals surface area contributed by atoms with E-state index in [0.717, 1.165) is 12.1 Å². The Balaban J connectivity index is 2.56. The van der Waals surface area contributed by atoms with E-state index in [0.29, 0.717) is 6.54 Å². The average Bonchev–Trinajstić information content (AvgIpc) is 2.65. The van der Waals surface area contributed by atoms with Crippen molar-refractivity contribution in [2.75, 3.05) is 6.54 Å². The van der Waals surface area contributed by atoms with E-state index in [1.165, 1.54) is 27.8 Å². The second-order valence-electron chi connectivity index (χ2n) is 4.58. The Morgan fingerprint density at radius 1 is 1.18 bits per heavy atom. The van der Waals surface area contributed by atoms with Crippen LogP contribution in [0, 0.1) is 20.8 Å². The molecule has 0 fully saturated rings. The molecule has 0 bridgehead atoms. The van der Waals surface area contributed by atoms with Crippen molar-refractivity contribution in [2.45, 2.75) is 27.2 Å². The van der Waals surface area contributed by atoms with Gasteiger partial charge in [0.15, 0.2) is 0 Å². The Kier molecular flexibility index (Phi) is 3.29. The molecule has 3 nitrogen and oxygen atoms in total. The Bertz CT molecular complexity index is 503. The number of nitrogens with zero attached hydrogens (tertiary/aromatic N) is 1. The van der Waals surface area contributed by atoms with Gasteiger partial charge in [0.2, 0.25) is 0 Å². The molecule has 2 rings (SSSR count). The SMILES string of the molecule is Cc1cc(C)c(-c2[nH]ncc2CCN)c(C)c1. The van der Waals surface area contributed by atoms with Crippen LogP contribution in [0.1, 0.15) is 22.3 Å². The number of H-pyrrole nitrogens is 1. The monoisotopic (exact) mass is 229 g/mol. The van der Waals surface area contributed by atoms with Gasteiger partial charge in [-0.1, -0.05) is 17.7 Å². The zero-order chi connectivity index (χ0) is 12.4. The number of nitrogens with two attached hydrogens (primary N) is 1. The minimum Gasteiger partial charge on any atom is -0.330 e. The summed E-state index contributed by atoms with van der Waals surface area (Å²) in [7, 11) is 0. The summed E-state index contributed by atoms with van der Waals surface area (Å²) >= 11 is 0. The highest BCUT2D eigenvalue weighted by molar-refractivity contribution is 5.70. The summed E-state index contributed by atoms with van der Waals surface area (Å²) in [6.07, 6.45) is 2.74. The second kappa shape index (κ2) is 4.72. The van der Waals surface area contributed by atoms with Gasteiger partial charge in [0, 0.05) is 5.56 Å². The molecule has 1 aromatic carbocycles. The quantitative estimate of drug-likeness (QED) is 0.849. The van der Waals surface area contributed by atoms with Gasteiger partial charge in [-0.25, -0.2) is 0 Å². The van der Waals surface area contributed by atoms with Crippen LogP contribution in [0.5, 0.6) is 0 Å². The summed E-state index contributed by atoms with van der Waals surface area (Å²) in [5, 5.41) is 7.24. The third-order valence-corrected chi connectivity index (χ3v) is 3.06. The van der Waals surface area contributed by atoms with Crippen LogP contribution in [-0.2, 0) is 6.42 Å². The summed E-state index contributed by atoms with van der Waals surface area (Å²) in [4.78, 5) is 0. The molecule has 2 aromatic rings. The molecule has 0 saturated carbocycles. The Hall–Kier alpha value is -1.61. The molecule has 0 amide bonds. The topological polar surface area (TPSA) is 54.7 Å². The standard InChI is InChI=1S/C14H19N3/c1-9-6-10(2)13(11(3)7-9)14-12(4-5-15)8-16-17-14/h6-8H,4-5,15H2,1-3H3,(H,16,17). The van der Waals surface area contributed by atoms with Crippen molar-refractivity contribution < 1.29 is 0 Å². The molecular weight excluding hydrogens is 210 g/mol. The largest absolute Gasteiger partial charge is 0.330 e. The third-order valence-electron chi connectivity index (χ3n) is 3.06. The van der Waals surface area contributed by atoms with Crippen molar-refractivity contribution in [3.8, 4) is 11.3 Å². The highest BCUT2D eigenvalue weighted by Crippen LogP contribution is 2.29. The van der Waals surface area contributed by atoms with Gasteiger partial charge in [0.25, 0.3) is 0 Å². The highest BCUT2D eigenvalue weighted by atomic mass is 15.1. The molecule has 3 heteroatoms. The maximum atomic E-state index is 5.63. The average molecular weight is 229 g/mol. The van der Waals surface area contributed by atoms with Gasteiger partial charge in [-0.2, -0.15) is 5.10 Å². The fourth-order valence-electron chi connectivity index (χ4n) is 2.45. The highest BCUT2D eigenvalue weighted by Gasteiger charge is 2.12. The lowest BCUT2D eigenvalue weighted by Gasteiger charge is -2.11. The fourth-order valence-corrected chi connectivity index (χ4v) is 2.45. The molecule has 0 spiro atoms. The Morgan fingerprint density at radius 2 is 1.82 bits per heavy atom. The predicted molar refractivity (Wildman–Crippen MR) is 71.0 cm³/mol. The van der Waals surface area contributed by atoms with Crippen LogP contribution < -0.4 is 5.73 Å². The van der Waals surface area contributed by atoms with Gasteiger partial charge >= 0.3 is 0 Å². The van der Waals surface area contributed by atoms with Gasteiger partial charge in [-0.05, 0) is 50.4 Å². The van der Waals surface area contributed by atoms with E-state index in [-0.39, 0.29) is 0 Å². The van der Waals surface area contributed by atoms with Gasteiger partial charge in [-0.15, -0.1) is 0 Å². The summed E-state index contributed by atoms with van der Waals surface area (Å²) in [5.41, 5.74) is 13.1. The van der Waals surface area contributed by atoms with Crippen molar-refractivity contribution in [1.29, 1.82) is 0 Å². The van der Waals surface area contributed by atoms with Crippen LogP contribution in [-0.4, -0.2) is 16.7 Å². The molecule has 0 unspecified atom stereocenters. The first-order valence-corrected chi connectivity index (χ1v) is 5.94. The van der Waals surface area contributed by atoms with Gasteiger partial charge in [0.05, 0.1) is 11.9 Å². The van der Waals surface area contributed by atoms with Crippen LogP contribution in [0.15, 0.2) is 18.3 Å². The van der Waals surface area contributed by atoms with Gasteiger partial charge in [-0.3, -0.25) is 5.10 Å². The summed E-state index contributed by atoms with van der Waals surface area (Å²) in [6, 6.07) is 4.41. The number of benzene rings is 1. The molecule has 17 heavy (non-hydrogen) atoms. The molecule has 0 saturated heterocycles. The van der Waals surface area contributed by atoms with Crippen molar-refractivity contribution in [1.82, 2.24) is 10.2 Å². The molecule has 3 N–H and O–H groups in total. The first-order valence-electron chi connectivity index (χ1n) is 5.94. The minimum absolute atomic E-state index is 0.649. The predicted octanol–water partition coefficient (Wildman–Crippen LogP) is 2.50. The van der Waals surface area contributed by atoms with Crippen LogP contribution in [0.2, 0.25) is 0 Å². The van der Waals surface area contributed by atoms with Crippen molar-refractivity contribution >= 4 is 0 Å². The zero-order valence-corrected chi connectivity index (χ0v) is 10.7. The smallest absolute Gasteiger partial charge is 0.0687 e.